The Morgan fingerprint density at radius 3 is 2.69 bits per heavy atom. The number of nitrogens with one attached hydrogen (secondary N) is 2. The third-order valence-electron chi connectivity index (χ3n) is 4.81. The van der Waals surface area contributed by atoms with Gasteiger partial charge in [-0.2, -0.15) is 0 Å². The van der Waals surface area contributed by atoms with Gasteiger partial charge in [0, 0.05) is 38.6 Å². The van der Waals surface area contributed by atoms with Gasteiger partial charge in [-0.05, 0) is 51.7 Å². The molecule has 1 saturated carbocycles. The van der Waals surface area contributed by atoms with Crippen molar-refractivity contribution in [1.82, 2.24) is 20.5 Å². The summed E-state index contributed by atoms with van der Waals surface area (Å²) in [6.07, 6.45) is 10.3. The first-order valence-corrected chi connectivity index (χ1v) is 10.7. The summed E-state index contributed by atoms with van der Waals surface area (Å²) < 4.78 is 5.58. The Kier molecular flexibility index (Phi) is 9.22. The van der Waals surface area contributed by atoms with Crippen molar-refractivity contribution in [2.24, 2.45) is 4.99 Å². The van der Waals surface area contributed by atoms with Gasteiger partial charge in [0.1, 0.15) is 5.60 Å². The van der Waals surface area contributed by atoms with Gasteiger partial charge in [-0.3, -0.25) is 9.98 Å². The van der Waals surface area contributed by atoms with Crippen LogP contribution in [0.1, 0.15) is 64.9 Å². The van der Waals surface area contributed by atoms with Crippen molar-refractivity contribution < 1.29 is 9.53 Å². The maximum atomic E-state index is 12.6. The van der Waals surface area contributed by atoms with E-state index in [0.29, 0.717) is 19.1 Å². The predicted octanol–water partition coefficient (Wildman–Crippen LogP) is 3.71. The minimum Gasteiger partial charge on any atom is -0.444 e. The molecule has 0 bridgehead atoms. The van der Waals surface area contributed by atoms with Crippen molar-refractivity contribution >= 4 is 12.1 Å². The van der Waals surface area contributed by atoms with E-state index >= 15 is 0 Å². The van der Waals surface area contributed by atoms with Crippen molar-refractivity contribution in [2.45, 2.75) is 77.5 Å². The van der Waals surface area contributed by atoms with Crippen LogP contribution in [0.5, 0.6) is 0 Å². The molecule has 2 N–H and O–H groups in total. The van der Waals surface area contributed by atoms with Crippen molar-refractivity contribution in [3.05, 3.63) is 30.1 Å². The van der Waals surface area contributed by atoms with Gasteiger partial charge >= 0.3 is 6.09 Å². The molecule has 0 radical (unpaired) electrons. The zero-order chi connectivity index (χ0) is 21.1. The SMILES string of the molecule is CN=C(NCCCN(Cc1cccnc1)C(=O)OC(C)(C)C)NC1CCCCC1. The van der Waals surface area contributed by atoms with Crippen LogP contribution in [0.4, 0.5) is 4.79 Å². The molecule has 7 nitrogen and oxygen atoms in total. The van der Waals surface area contributed by atoms with Gasteiger partial charge in [-0.15, -0.1) is 0 Å². The molecule has 1 amide bonds. The monoisotopic (exact) mass is 403 g/mol. The quantitative estimate of drug-likeness (QED) is 0.412. The number of carbonyl (C=O) groups excluding carboxylic acids is 1. The van der Waals surface area contributed by atoms with Gasteiger partial charge in [0.05, 0.1) is 6.54 Å². The van der Waals surface area contributed by atoms with Gasteiger partial charge in [0.15, 0.2) is 5.96 Å². The highest BCUT2D eigenvalue weighted by Crippen LogP contribution is 2.17. The normalized spacial score (nSPS) is 15.7. The molecule has 0 unspecified atom stereocenters. The van der Waals surface area contributed by atoms with E-state index in [1.54, 1.807) is 24.3 Å². The van der Waals surface area contributed by atoms with E-state index in [4.69, 9.17) is 4.74 Å². The zero-order valence-corrected chi connectivity index (χ0v) is 18.4. The summed E-state index contributed by atoms with van der Waals surface area (Å²) in [6.45, 7) is 7.47. The number of carbonyl (C=O) groups is 1. The molecule has 7 heteroatoms. The molecule has 1 aromatic heterocycles. The Bertz CT molecular complexity index is 636. The fourth-order valence-corrected chi connectivity index (χ4v) is 3.39. The molecular formula is C22H37N5O2. The zero-order valence-electron chi connectivity index (χ0n) is 18.4. The van der Waals surface area contributed by atoms with Crippen LogP contribution in [0.15, 0.2) is 29.5 Å². The summed E-state index contributed by atoms with van der Waals surface area (Å²) in [7, 11) is 1.80. The molecule has 29 heavy (non-hydrogen) atoms. The molecule has 1 aromatic rings. The summed E-state index contributed by atoms with van der Waals surface area (Å²) in [5, 5.41) is 6.88. The molecule has 0 spiro atoms. The third kappa shape index (κ3) is 9.15. The molecule has 0 aromatic carbocycles. The standard InChI is InChI=1S/C22H37N5O2/c1-22(2,3)29-21(28)27(17-18-10-8-13-24-16-18)15-9-14-25-20(23-4)26-19-11-6-5-7-12-19/h8,10,13,16,19H,5-7,9,11-12,14-15,17H2,1-4H3,(H2,23,25,26). The third-order valence-corrected chi connectivity index (χ3v) is 4.81. The second-order valence-electron chi connectivity index (χ2n) is 8.59. The van der Waals surface area contributed by atoms with E-state index in [-0.39, 0.29) is 6.09 Å². The number of hydrogen-bond acceptors (Lipinski definition) is 4. The van der Waals surface area contributed by atoms with Crippen molar-refractivity contribution in [3.8, 4) is 0 Å². The Morgan fingerprint density at radius 2 is 2.07 bits per heavy atom. The maximum absolute atomic E-state index is 12.6. The van der Waals surface area contributed by atoms with E-state index in [0.717, 1.165) is 24.5 Å². The van der Waals surface area contributed by atoms with Gasteiger partial charge < -0.3 is 20.3 Å². The lowest BCUT2D eigenvalue weighted by atomic mass is 9.96. The highest BCUT2D eigenvalue weighted by molar-refractivity contribution is 5.79. The fraction of sp³-hybridized carbons (Fsp3) is 0.682. The number of rotatable bonds is 7. The average molecular weight is 404 g/mol. The van der Waals surface area contributed by atoms with Crippen LogP contribution in [0, 0.1) is 0 Å². The Hall–Kier alpha value is -2.31. The molecule has 1 heterocycles. The molecule has 0 atom stereocenters. The first-order valence-electron chi connectivity index (χ1n) is 10.7. The molecule has 162 valence electrons. The number of nitrogens with zero attached hydrogens (tertiary/aromatic N) is 3. The molecule has 1 fully saturated rings. The fourth-order valence-electron chi connectivity index (χ4n) is 3.39. The predicted molar refractivity (Wildman–Crippen MR) is 117 cm³/mol. The minimum atomic E-state index is -0.519. The van der Waals surface area contributed by atoms with E-state index < -0.39 is 5.60 Å². The highest BCUT2D eigenvalue weighted by atomic mass is 16.6. The first kappa shape index (κ1) is 23.0. The summed E-state index contributed by atoms with van der Waals surface area (Å²) in [6, 6.07) is 4.36. The average Bonchev–Trinajstić information content (AvgIpc) is 2.69. The molecule has 0 saturated heterocycles. The van der Waals surface area contributed by atoms with Crippen molar-refractivity contribution in [3.63, 3.8) is 0 Å². The molecule has 0 aliphatic heterocycles. The van der Waals surface area contributed by atoms with Crippen LogP contribution in [0.2, 0.25) is 0 Å². The Morgan fingerprint density at radius 1 is 1.31 bits per heavy atom. The van der Waals surface area contributed by atoms with Gasteiger partial charge in [0.2, 0.25) is 0 Å². The molecule has 1 aliphatic carbocycles. The van der Waals surface area contributed by atoms with Crippen LogP contribution in [0.3, 0.4) is 0 Å². The maximum Gasteiger partial charge on any atom is 0.410 e. The second-order valence-corrected chi connectivity index (χ2v) is 8.59. The van der Waals surface area contributed by atoms with Gasteiger partial charge in [-0.1, -0.05) is 25.3 Å². The van der Waals surface area contributed by atoms with E-state index in [1.807, 2.05) is 32.9 Å². The summed E-state index contributed by atoms with van der Waals surface area (Å²) in [5.41, 5.74) is 0.468. The van der Waals surface area contributed by atoms with Gasteiger partial charge in [0.25, 0.3) is 0 Å². The van der Waals surface area contributed by atoms with Crippen LogP contribution in [-0.4, -0.2) is 53.7 Å². The topological polar surface area (TPSA) is 78.9 Å². The van der Waals surface area contributed by atoms with Crippen molar-refractivity contribution in [2.75, 3.05) is 20.1 Å². The molecule has 2 rings (SSSR count). The Labute approximate surface area is 175 Å². The van der Waals surface area contributed by atoms with E-state index in [2.05, 4.69) is 20.6 Å². The van der Waals surface area contributed by atoms with Gasteiger partial charge in [-0.25, -0.2) is 4.79 Å². The summed E-state index contributed by atoms with van der Waals surface area (Å²) in [5.74, 6) is 0.841. The Balaban J connectivity index is 1.83. The summed E-state index contributed by atoms with van der Waals surface area (Å²) >= 11 is 0. The summed E-state index contributed by atoms with van der Waals surface area (Å²) in [4.78, 5) is 22.8. The highest BCUT2D eigenvalue weighted by Gasteiger charge is 2.22. The van der Waals surface area contributed by atoms with E-state index in [1.165, 1.54) is 32.1 Å². The smallest absolute Gasteiger partial charge is 0.410 e. The number of aliphatic imine (C=N–C) groups is 1. The molecule has 1 aliphatic rings. The van der Waals surface area contributed by atoms with Crippen LogP contribution >= 0.6 is 0 Å². The van der Waals surface area contributed by atoms with E-state index in [9.17, 15) is 4.79 Å². The van der Waals surface area contributed by atoms with Crippen LogP contribution in [-0.2, 0) is 11.3 Å². The van der Waals surface area contributed by atoms with Crippen LogP contribution < -0.4 is 10.6 Å². The largest absolute Gasteiger partial charge is 0.444 e. The first-order chi connectivity index (χ1) is 13.9. The number of ether oxygens (including phenoxy) is 1. The lowest BCUT2D eigenvalue weighted by Gasteiger charge is -2.28. The van der Waals surface area contributed by atoms with Crippen molar-refractivity contribution in [1.29, 1.82) is 0 Å². The number of pyridine rings is 1. The lowest BCUT2D eigenvalue weighted by molar-refractivity contribution is 0.0232. The van der Waals surface area contributed by atoms with Crippen LogP contribution in [0.25, 0.3) is 0 Å². The number of aromatic nitrogens is 1. The second kappa shape index (κ2) is 11.6. The lowest BCUT2D eigenvalue weighted by Crippen LogP contribution is -2.45. The number of guanidine groups is 1. The molecular weight excluding hydrogens is 366 g/mol. The number of amides is 1. The minimum absolute atomic E-state index is 0.300. The number of hydrogen-bond donors (Lipinski definition) is 2.